The van der Waals surface area contributed by atoms with Crippen LogP contribution in [0.2, 0.25) is 0 Å². The highest BCUT2D eigenvalue weighted by molar-refractivity contribution is 5.71. The molecule has 6 heteroatoms. The van der Waals surface area contributed by atoms with Crippen molar-refractivity contribution in [2.45, 2.75) is 329 Å². The van der Waals surface area contributed by atoms with Crippen molar-refractivity contribution in [3.05, 3.63) is 72.9 Å². The number of unbranched alkanes of at least 4 members (excludes halogenated alkanes) is 35. The maximum absolute atomic E-state index is 12.9. The van der Waals surface area contributed by atoms with E-state index in [2.05, 4.69) is 93.7 Å². The van der Waals surface area contributed by atoms with Crippen LogP contribution in [-0.2, 0) is 28.6 Å². The molecule has 74 heavy (non-hydrogen) atoms. The van der Waals surface area contributed by atoms with Gasteiger partial charge in [0.2, 0.25) is 0 Å². The second-order valence-corrected chi connectivity index (χ2v) is 21.3. The Morgan fingerprint density at radius 3 is 0.757 bits per heavy atom. The summed E-state index contributed by atoms with van der Waals surface area (Å²) in [5.74, 6) is -0.882. The molecule has 1 unspecified atom stereocenters. The summed E-state index contributed by atoms with van der Waals surface area (Å²) >= 11 is 0. The van der Waals surface area contributed by atoms with Crippen molar-refractivity contribution in [3.8, 4) is 0 Å². The molecule has 0 saturated heterocycles. The van der Waals surface area contributed by atoms with Gasteiger partial charge in [-0.3, -0.25) is 14.4 Å². The average Bonchev–Trinajstić information content (AvgIpc) is 3.40. The van der Waals surface area contributed by atoms with Crippen LogP contribution < -0.4 is 0 Å². The standard InChI is InChI=1S/C68H120O6/c1-4-7-10-13-16-19-21-23-25-27-29-31-33-34-36-37-39-41-43-45-47-49-52-55-58-61-67(70)73-64-65(63-72-66(69)60-57-54-51-18-15-12-9-6-3)74-68(71)62-59-56-53-50-48-46-44-42-40-38-35-32-30-28-26-24-22-20-17-14-11-8-5-2/h21-24,27-30,33-35,38,65H,4-20,25-26,31-32,36-37,39-64H2,1-3H3/b23-21-,24-22-,29-27-,30-28-,34-33-,38-35-. The Morgan fingerprint density at radius 1 is 0.270 bits per heavy atom. The van der Waals surface area contributed by atoms with Gasteiger partial charge in [-0.2, -0.15) is 0 Å². The van der Waals surface area contributed by atoms with Gasteiger partial charge in [0.1, 0.15) is 13.2 Å². The highest BCUT2D eigenvalue weighted by Gasteiger charge is 2.19. The molecule has 428 valence electrons. The highest BCUT2D eigenvalue weighted by Crippen LogP contribution is 2.16. The van der Waals surface area contributed by atoms with E-state index in [0.717, 1.165) is 89.9 Å². The topological polar surface area (TPSA) is 78.9 Å². The maximum atomic E-state index is 12.9. The Balaban J connectivity index is 4.20. The molecular weight excluding hydrogens is 913 g/mol. The predicted octanol–water partition coefficient (Wildman–Crippen LogP) is 21.7. The lowest BCUT2D eigenvalue weighted by Gasteiger charge is -2.18. The van der Waals surface area contributed by atoms with Crippen molar-refractivity contribution in [3.63, 3.8) is 0 Å². The number of ether oxygens (including phenoxy) is 3. The van der Waals surface area contributed by atoms with E-state index < -0.39 is 6.10 Å². The third kappa shape index (κ3) is 59.7. The molecule has 0 amide bonds. The molecule has 0 bridgehead atoms. The third-order valence-electron chi connectivity index (χ3n) is 13.9. The van der Waals surface area contributed by atoms with Gasteiger partial charge in [-0.15, -0.1) is 0 Å². The van der Waals surface area contributed by atoms with Crippen LogP contribution >= 0.6 is 0 Å². The molecule has 0 saturated carbocycles. The van der Waals surface area contributed by atoms with Crippen molar-refractivity contribution in [2.24, 2.45) is 0 Å². The molecule has 0 spiro atoms. The summed E-state index contributed by atoms with van der Waals surface area (Å²) in [6.45, 7) is 6.61. The van der Waals surface area contributed by atoms with Gasteiger partial charge in [-0.05, 0) is 96.3 Å². The van der Waals surface area contributed by atoms with Crippen LogP contribution in [0.1, 0.15) is 323 Å². The first kappa shape index (κ1) is 70.8. The Kier molecular flexibility index (Phi) is 59.7. The number of allylic oxidation sites excluding steroid dienone is 12. The lowest BCUT2D eigenvalue weighted by molar-refractivity contribution is -0.167. The molecule has 0 aliphatic heterocycles. The van der Waals surface area contributed by atoms with Crippen molar-refractivity contribution >= 4 is 17.9 Å². The SMILES string of the molecule is CCCCCCC/C=C\C/C=C\C/C=C\CCCCCCCCCCCCC(=O)OCC(COC(=O)CCCCCCCCCC)OC(=O)CCCCCCCCCC/C=C\C/C=C\C/C=C\CCCCCCC. The fourth-order valence-corrected chi connectivity index (χ4v) is 9.11. The maximum Gasteiger partial charge on any atom is 0.306 e. The second kappa shape index (κ2) is 62.4. The lowest BCUT2D eigenvalue weighted by atomic mass is 10.1. The minimum atomic E-state index is -0.779. The summed E-state index contributed by atoms with van der Waals surface area (Å²) in [5.41, 5.74) is 0. The van der Waals surface area contributed by atoms with Crippen LogP contribution in [0.3, 0.4) is 0 Å². The quantitative estimate of drug-likeness (QED) is 0.0261. The van der Waals surface area contributed by atoms with Crippen LogP contribution in [0.15, 0.2) is 72.9 Å². The fraction of sp³-hybridized carbons (Fsp3) is 0.779. The largest absolute Gasteiger partial charge is 0.462 e. The molecule has 0 aromatic carbocycles. The summed E-state index contributed by atoms with van der Waals surface area (Å²) in [5, 5.41) is 0. The van der Waals surface area contributed by atoms with E-state index >= 15 is 0 Å². The molecule has 0 aromatic heterocycles. The van der Waals surface area contributed by atoms with Crippen LogP contribution in [-0.4, -0.2) is 37.2 Å². The first-order valence-electron chi connectivity index (χ1n) is 31.9. The third-order valence-corrected chi connectivity index (χ3v) is 13.9. The zero-order valence-electron chi connectivity index (χ0n) is 49.1. The Morgan fingerprint density at radius 2 is 0.486 bits per heavy atom. The molecule has 0 fully saturated rings. The zero-order valence-corrected chi connectivity index (χ0v) is 49.1. The number of carbonyl (C=O) groups is 3. The van der Waals surface area contributed by atoms with E-state index in [0.29, 0.717) is 19.3 Å². The molecule has 0 radical (unpaired) electrons. The summed E-state index contributed by atoms with van der Waals surface area (Å²) in [7, 11) is 0. The Labute approximate surface area is 459 Å². The van der Waals surface area contributed by atoms with E-state index in [9.17, 15) is 14.4 Å². The number of hydrogen-bond acceptors (Lipinski definition) is 6. The summed E-state index contributed by atoms with van der Waals surface area (Å²) in [6.07, 6.45) is 80.6. The Bertz CT molecular complexity index is 1370. The van der Waals surface area contributed by atoms with Crippen LogP contribution in [0.25, 0.3) is 0 Å². The average molecular weight is 1030 g/mol. The van der Waals surface area contributed by atoms with E-state index in [1.807, 2.05) is 0 Å². The van der Waals surface area contributed by atoms with Gasteiger partial charge in [-0.1, -0.05) is 280 Å². The van der Waals surface area contributed by atoms with Gasteiger partial charge in [-0.25, -0.2) is 0 Å². The first-order chi connectivity index (χ1) is 36.5. The van der Waals surface area contributed by atoms with Gasteiger partial charge in [0, 0.05) is 19.3 Å². The van der Waals surface area contributed by atoms with E-state index in [4.69, 9.17) is 14.2 Å². The minimum absolute atomic E-state index is 0.0778. The molecule has 0 heterocycles. The molecule has 0 rings (SSSR count). The molecule has 6 nitrogen and oxygen atoms in total. The van der Waals surface area contributed by atoms with Crippen LogP contribution in [0.4, 0.5) is 0 Å². The van der Waals surface area contributed by atoms with Gasteiger partial charge in [0.25, 0.3) is 0 Å². The van der Waals surface area contributed by atoms with Gasteiger partial charge < -0.3 is 14.2 Å². The predicted molar refractivity (Wildman–Crippen MR) is 321 cm³/mol. The normalized spacial score (nSPS) is 12.5. The molecule has 0 N–H and O–H groups in total. The zero-order chi connectivity index (χ0) is 53.6. The Hall–Kier alpha value is -3.15. The minimum Gasteiger partial charge on any atom is -0.462 e. The van der Waals surface area contributed by atoms with Gasteiger partial charge in [0.05, 0.1) is 0 Å². The summed E-state index contributed by atoms with van der Waals surface area (Å²) in [4.78, 5) is 38.1. The van der Waals surface area contributed by atoms with Crippen molar-refractivity contribution in [2.75, 3.05) is 13.2 Å². The fourth-order valence-electron chi connectivity index (χ4n) is 9.11. The van der Waals surface area contributed by atoms with E-state index in [-0.39, 0.29) is 31.1 Å². The van der Waals surface area contributed by atoms with E-state index in [1.54, 1.807) is 0 Å². The molecule has 0 aliphatic rings. The number of rotatable bonds is 58. The smallest absolute Gasteiger partial charge is 0.306 e. The molecular formula is C68H120O6. The number of carbonyl (C=O) groups excluding carboxylic acids is 3. The second-order valence-electron chi connectivity index (χ2n) is 21.3. The van der Waals surface area contributed by atoms with Crippen molar-refractivity contribution in [1.29, 1.82) is 0 Å². The molecule has 1 atom stereocenters. The van der Waals surface area contributed by atoms with E-state index in [1.165, 1.54) is 193 Å². The number of esters is 3. The highest BCUT2D eigenvalue weighted by atomic mass is 16.6. The summed E-state index contributed by atoms with van der Waals surface area (Å²) < 4.78 is 16.9. The summed E-state index contributed by atoms with van der Waals surface area (Å²) in [6, 6.07) is 0. The molecule has 0 aromatic rings. The number of hydrogen-bond donors (Lipinski definition) is 0. The first-order valence-corrected chi connectivity index (χ1v) is 31.9. The van der Waals surface area contributed by atoms with Gasteiger partial charge in [0.15, 0.2) is 6.10 Å². The van der Waals surface area contributed by atoms with Crippen LogP contribution in [0, 0.1) is 0 Å². The van der Waals surface area contributed by atoms with Crippen LogP contribution in [0.5, 0.6) is 0 Å². The lowest BCUT2D eigenvalue weighted by Crippen LogP contribution is -2.30. The van der Waals surface area contributed by atoms with Gasteiger partial charge >= 0.3 is 17.9 Å². The van der Waals surface area contributed by atoms with Crippen molar-refractivity contribution < 1.29 is 28.6 Å². The van der Waals surface area contributed by atoms with Crippen molar-refractivity contribution in [1.82, 2.24) is 0 Å². The monoisotopic (exact) mass is 1030 g/mol. The molecule has 0 aliphatic carbocycles.